The highest BCUT2D eigenvalue weighted by atomic mass is 19.4. The standard InChI is InChI=1S/C29H25F3N8O/c1-41-28-22(24(17-5-6-17)34-14-35-28)25-33-11-20-23(16-3-4-16)38-40(27(20)37-25)12-15-2-7-19-18(10-15)8-9-39-13-21(29(30,31)32)36-26(19)39/h2,7,10-11,13-14,16-17H,3-6,8-9,12H2,1H3. The van der Waals surface area contributed by atoms with Gasteiger partial charge in [-0.25, -0.2) is 29.6 Å². The zero-order valence-corrected chi connectivity index (χ0v) is 22.2. The van der Waals surface area contributed by atoms with E-state index in [0.29, 0.717) is 48.9 Å². The van der Waals surface area contributed by atoms with Gasteiger partial charge in [0.05, 0.1) is 30.4 Å². The maximum atomic E-state index is 13.3. The quantitative estimate of drug-likeness (QED) is 0.270. The summed E-state index contributed by atoms with van der Waals surface area (Å²) in [4.78, 5) is 22.5. The molecule has 0 bridgehead atoms. The Hall–Kier alpha value is -4.35. The Labute approximate surface area is 232 Å². The summed E-state index contributed by atoms with van der Waals surface area (Å²) in [5.41, 5.74) is 5.20. The lowest BCUT2D eigenvalue weighted by atomic mass is 9.98. The van der Waals surface area contributed by atoms with Crippen molar-refractivity contribution in [1.82, 2.24) is 39.3 Å². The smallest absolute Gasteiger partial charge is 0.434 e. The third-order valence-corrected chi connectivity index (χ3v) is 8.14. The van der Waals surface area contributed by atoms with E-state index >= 15 is 0 Å². The van der Waals surface area contributed by atoms with E-state index in [9.17, 15) is 13.2 Å². The molecule has 5 heterocycles. The van der Waals surface area contributed by atoms with Crippen molar-refractivity contribution in [3.8, 4) is 28.7 Å². The van der Waals surface area contributed by atoms with Crippen LogP contribution in [0.15, 0.2) is 36.9 Å². The molecule has 12 heteroatoms. The van der Waals surface area contributed by atoms with Gasteiger partial charge in [-0.1, -0.05) is 18.2 Å². The molecule has 2 fully saturated rings. The number of benzene rings is 1. The van der Waals surface area contributed by atoms with E-state index in [1.54, 1.807) is 11.7 Å². The molecular weight excluding hydrogens is 533 g/mol. The number of rotatable bonds is 6. The molecule has 1 aliphatic heterocycles. The van der Waals surface area contributed by atoms with Gasteiger partial charge in [-0.05, 0) is 43.2 Å². The van der Waals surface area contributed by atoms with Crippen molar-refractivity contribution in [1.29, 1.82) is 0 Å². The average molecular weight is 559 g/mol. The van der Waals surface area contributed by atoms with Crippen LogP contribution in [0.3, 0.4) is 0 Å². The van der Waals surface area contributed by atoms with Gasteiger partial charge in [0.15, 0.2) is 17.2 Å². The predicted octanol–water partition coefficient (Wildman–Crippen LogP) is 5.53. The van der Waals surface area contributed by atoms with Gasteiger partial charge in [0.1, 0.15) is 17.7 Å². The molecule has 0 saturated heterocycles. The van der Waals surface area contributed by atoms with E-state index in [-0.39, 0.29) is 0 Å². The maximum absolute atomic E-state index is 13.3. The third kappa shape index (κ3) is 4.15. The maximum Gasteiger partial charge on any atom is 0.434 e. The fraction of sp³-hybridized carbons (Fsp3) is 0.379. The van der Waals surface area contributed by atoms with Gasteiger partial charge in [0.25, 0.3) is 0 Å². The van der Waals surface area contributed by atoms with Crippen LogP contribution in [-0.2, 0) is 25.7 Å². The first kappa shape index (κ1) is 24.4. The Kier molecular flexibility index (Phi) is 5.26. The summed E-state index contributed by atoms with van der Waals surface area (Å²) in [6, 6.07) is 5.85. The molecule has 2 saturated carbocycles. The summed E-state index contributed by atoms with van der Waals surface area (Å²) in [7, 11) is 1.59. The molecule has 3 aliphatic rings. The van der Waals surface area contributed by atoms with E-state index in [4.69, 9.17) is 19.8 Å². The number of fused-ring (bicyclic) bond motifs is 4. The lowest BCUT2D eigenvalue weighted by Crippen LogP contribution is -2.11. The summed E-state index contributed by atoms with van der Waals surface area (Å²) < 4.78 is 48.9. The number of hydrogen-bond donors (Lipinski definition) is 0. The molecule has 8 rings (SSSR count). The van der Waals surface area contributed by atoms with Crippen molar-refractivity contribution in [3.05, 3.63) is 65.1 Å². The highest BCUT2D eigenvalue weighted by molar-refractivity contribution is 5.81. The Morgan fingerprint density at radius 2 is 1.80 bits per heavy atom. The minimum absolute atomic E-state index is 0.353. The van der Waals surface area contributed by atoms with Gasteiger partial charge in [0.2, 0.25) is 5.88 Å². The van der Waals surface area contributed by atoms with E-state index in [1.165, 1.54) is 6.33 Å². The molecule has 0 amide bonds. The van der Waals surface area contributed by atoms with Crippen LogP contribution in [0.5, 0.6) is 5.88 Å². The molecule has 1 aromatic carbocycles. The molecule has 0 atom stereocenters. The number of hydrogen-bond acceptors (Lipinski definition) is 7. The van der Waals surface area contributed by atoms with Gasteiger partial charge in [-0.3, -0.25) is 0 Å². The largest absolute Gasteiger partial charge is 0.480 e. The molecular formula is C29H25F3N8O. The van der Waals surface area contributed by atoms with Gasteiger partial charge in [-0.15, -0.1) is 0 Å². The van der Waals surface area contributed by atoms with Crippen LogP contribution in [0.2, 0.25) is 0 Å². The number of aromatic nitrogens is 8. The zero-order valence-electron chi connectivity index (χ0n) is 22.2. The first-order valence-electron chi connectivity index (χ1n) is 13.8. The lowest BCUT2D eigenvalue weighted by molar-refractivity contribution is -0.140. The second-order valence-electron chi connectivity index (χ2n) is 11.0. The van der Waals surface area contributed by atoms with Crippen molar-refractivity contribution in [2.75, 3.05) is 7.11 Å². The van der Waals surface area contributed by atoms with Gasteiger partial charge in [-0.2, -0.15) is 18.3 Å². The minimum atomic E-state index is -4.47. The molecule has 0 radical (unpaired) electrons. The summed E-state index contributed by atoms with van der Waals surface area (Å²) in [5, 5.41) is 5.91. The number of halogens is 3. The molecule has 0 unspecified atom stereocenters. The topological polar surface area (TPSA) is 96.4 Å². The number of imidazole rings is 1. The highest BCUT2D eigenvalue weighted by Gasteiger charge is 2.36. The molecule has 2 aliphatic carbocycles. The molecule has 4 aromatic heterocycles. The van der Waals surface area contributed by atoms with Crippen molar-refractivity contribution >= 4 is 11.0 Å². The summed E-state index contributed by atoms with van der Waals surface area (Å²) in [6.07, 6.45) is 4.93. The van der Waals surface area contributed by atoms with Crippen molar-refractivity contribution < 1.29 is 17.9 Å². The normalized spacial score (nSPS) is 16.6. The van der Waals surface area contributed by atoms with Gasteiger partial charge in [0, 0.05) is 36.3 Å². The Morgan fingerprint density at radius 1 is 1.00 bits per heavy atom. The average Bonchev–Trinajstić information content (AvgIpc) is 3.91. The highest BCUT2D eigenvalue weighted by Crippen LogP contribution is 2.46. The number of aryl methyl sites for hydroxylation is 2. The molecule has 0 N–H and O–H groups in total. The van der Waals surface area contributed by atoms with E-state index < -0.39 is 11.9 Å². The molecule has 0 spiro atoms. The van der Waals surface area contributed by atoms with Crippen LogP contribution in [0.1, 0.15) is 65.7 Å². The fourth-order valence-corrected chi connectivity index (χ4v) is 5.81. The molecule has 9 nitrogen and oxygen atoms in total. The third-order valence-electron chi connectivity index (χ3n) is 8.14. The SMILES string of the molecule is COc1ncnc(C2CC2)c1-c1ncc2c(C3CC3)nn(Cc3ccc4c(c3)CCn3cc(C(F)(F)F)nc3-4)c2n1. The van der Waals surface area contributed by atoms with Gasteiger partial charge >= 0.3 is 6.18 Å². The summed E-state index contributed by atoms with van der Waals surface area (Å²) in [5.74, 6) is 2.07. The first-order chi connectivity index (χ1) is 19.9. The van der Waals surface area contributed by atoms with Crippen LogP contribution in [0, 0.1) is 0 Å². The van der Waals surface area contributed by atoms with Gasteiger partial charge < -0.3 is 9.30 Å². The minimum Gasteiger partial charge on any atom is -0.480 e. The second kappa shape index (κ2) is 8.82. The number of nitrogens with zero attached hydrogens (tertiary/aromatic N) is 8. The van der Waals surface area contributed by atoms with Crippen molar-refractivity contribution in [2.24, 2.45) is 0 Å². The van der Waals surface area contributed by atoms with E-state index in [2.05, 4.69) is 15.0 Å². The number of alkyl halides is 3. The number of methoxy groups -OCH3 is 1. The first-order valence-corrected chi connectivity index (χ1v) is 13.8. The van der Waals surface area contributed by atoms with Crippen LogP contribution >= 0.6 is 0 Å². The summed E-state index contributed by atoms with van der Waals surface area (Å²) >= 11 is 0. The Balaban J connectivity index is 1.19. The Bertz CT molecular complexity index is 1830. The predicted molar refractivity (Wildman–Crippen MR) is 142 cm³/mol. The molecule has 5 aromatic rings. The van der Waals surface area contributed by atoms with Crippen LogP contribution in [0.4, 0.5) is 13.2 Å². The van der Waals surface area contributed by atoms with Crippen molar-refractivity contribution in [3.63, 3.8) is 0 Å². The molecule has 208 valence electrons. The Morgan fingerprint density at radius 3 is 2.56 bits per heavy atom. The monoisotopic (exact) mass is 558 g/mol. The molecule has 41 heavy (non-hydrogen) atoms. The van der Waals surface area contributed by atoms with E-state index in [1.807, 2.05) is 29.1 Å². The lowest BCUT2D eigenvalue weighted by Gasteiger charge is -2.19. The summed E-state index contributed by atoms with van der Waals surface area (Å²) in [6.45, 7) is 0.916. The second-order valence-corrected chi connectivity index (χ2v) is 11.0. The number of ether oxygens (including phenoxy) is 1. The van der Waals surface area contributed by atoms with Crippen LogP contribution < -0.4 is 4.74 Å². The fourth-order valence-electron chi connectivity index (χ4n) is 5.81. The van der Waals surface area contributed by atoms with E-state index in [0.717, 1.165) is 76.6 Å². The zero-order chi connectivity index (χ0) is 27.9. The van der Waals surface area contributed by atoms with Crippen molar-refractivity contribution in [2.45, 2.75) is 63.2 Å². The van der Waals surface area contributed by atoms with Crippen LogP contribution in [-0.4, -0.2) is 46.4 Å². The van der Waals surface area contributed by atoms with Crippen LogP contribution in [0.25, 0.3) is 33.8 Å².